The second kappa shape index (κ2) is 10.2. The molecule has 2 fully saturated rings. The molecule has 34 heavy (non-hydrogen) atoms. The zero-order chi connectivity index (χ0) is 23.5. The third-order valence-corrected chi connectivity index (χ3v) is 8.12. The minimum atomic E-state index is -0.942. The topological polar surface area (TPSA) is 70.7 Å². The quantitative estimate of drug-likeness (QED) is 0.517. The number of hydrogen-bond donors (Lipinski definition) is 0. The van der Waals surface area contributed by atoms with Crippen molar-refractivity contribution in [2.24, 2.45) is 0 Å². The summed E-state index contributed by atoms with van der Waals surface area (Å²) in [7, 11) is -0.942. The molecule has 7 nitrogen and oxygen atoms in total. The van der Waals surface area contributed by atoms with Gasteiger partial charge in [-0.15, -0.1) is 0 Å². The van der Waals surface area contributed by atoms with Crippen molar-refractivity contribution < 1.29 is 13.7 Å². The highest BCUT2D eigenvalue weighted by molar-refractivity contribution is 7.86. The molecule has 0 N–H and O–H groups in total. The number of benzene rings is 2. The molecule has 0 bridgehead atoms. The minimum absolute atomic E-state index is 0.621. The van der Waals surface area contributed by atoms with Crippen molar-refractivity contribution in [3.05, 3.63) is 48.0 Å². The summed E-state index contributed by atoms with van der Waals surface area (Å²) in [5.74, 6) is 1.54. The predicted octanol–water partition coefficient (Wildman–Crippen LogP) is 3.78. The maximum Gasteiger partial charge on any atom is 0.121 e. The molecule has 5 rings (SSSR count). The molecule has 1 unspecified atom stereocenters. The van der Waals surface area contributed by atoms with Crippen molar-refractivity contribution in [1.82, 2.24) is 9.47 Å². The molecular weight excluding hydrogens is 448 g/mol. The van der Waals surface area contributed by atoms with E-state index in [0.29, 0.717) is 12.2 Å². The highest BCUT2D eigenvalue weighted by atomic mass is 32.2. The molecule has 2 aliphatic rings. The van der Waals surface area contributed by atoms with Gasteiger partial charge >= 0.3 is 0 Å². The fourth-order valence-electron chi connectivity index (χ4n) is 4.85. The van der Waals surface area contributed by atoms with Crippen LogP contribution in [0.2, 0.25) is 0 Å². The third-order valence-electron chi connectivity index (χ3n) is 6.60. The van der Waals surface area contributed by atoms with Gasteiger partial charge in [-0.25, -0.2) is 4.21 Å². The monoisotopic (exact) mass is 478 g/mol. The number of hydrogen-bond acceptors (Lipinski definition) is 5. The van der Waals surface area contributed by atoms with E-state index in [9.17, 15) is 9.47 Å². The lowest BCUT2D eigenvalue weighted by atomic mass is 10.1. The van der Waals surface area contributed by atoms with E-state index in [1.54, 1.807) is 0 Å². The van der Waals surface area contributed by atoms with Gasteiger partial charge in [0.25, 0.3) is 0 Å². The lowest BCUT2D eigenvalue weighted by Crippen LogP contribution is -2.38. The lowest BCUT2D eigenvalue weighted by Gasteiger charge is -2.26. The van der Waals surface area contributed by atoms with Crippen molar-refractivity contribution in [3.8, 4) is 23.1 Å². The molecular formula is C26H30N4O3S. The van der Waals surface area contributed by atoms with Crippen LogP contribution in [0.5, 0.6) is 5.75 Å². The van der Waals surface area contributed by atoms with Gasteiger partial charge in [-0.05, 0) is 43.2 Å². The van der Waals surface area contributed by atoms with Gasteiger partial charge in [0, 0.05) is 55.6 Å². The van der Waals surface area contributed by atoms with E-state index in [-0.39, 0.29) is 0 Å². The van der Waals surface area contributed by atoms with E-state index in [4.69, 9.17) is 9.47 Å². The highest BCUT2D eigenvalue weighted by Gasteiger charge is 2.22. The van der Waals surface area contributed by atoms with Gasteiger partial charge < -0.3 is 14.0 Å². The van der Waals surface area contributed by atoms with Crippen LogP contribution in [-0.2, 0) is 22.3 Å². The van der Waals surface area contributed by atoms with Gasteiger partial charge in [0.2, 0.25) is 0 Å². The van der Waals surface area contributed by atoms with E-state index in [1.807, 2.05) is 46.8 Å². The Bertz CT molecular complexity index is 1230. The first kappa shape index (κ1) is 22.9. The van der Waals surface area contributed by atoms with E-state index in [1.165, 1.54) is 0 Å². The zero-order valence-electron chi connectivity index (χ0n) is 19.5. The Kier molecular flexibility index (Phi) is 6.86. The maximum atomic E-state index is 12.2. The molecule has 0 spiro atoms. The molecule has 3 heterocycles. The van der Waals surface area contributed by atoms with Crippen LogP contribution in [0.4, 0.5) is 5.69 Å². The van der Waals surface area contributed by atoms with Crippen LogP contribution in [0.3, 0.4) is 0 Å². The van der Waals surface area contributed by atoms with Gasteiger partial charge in [-0.3, -0.25) is 9.21 Å². The SMILES string of the molecule is CCn1c(-c2ccc(N3CCCS3=O)cc2)c(C#N)c2ccc(OCCN3CCOCC3)cc21. The summed E-state index contributed by atoms with van der Waals surface area (Å²) in [4.78, 5) is 2.35. The fourth-order valence-corrected chi connectivity index (χ4v) is 6.14. The van der Waals surface area contributed by atoms with Crippen molar-refractivity contribution in [2.45, 2.75) is 19.9 Å². The van der Waals surface area contributed by atoms with Crippen LogP contribution >= 0.6 is 0 Å². The first-order valence-corrected chi connectivity index (χ1v) is 13.2. The number of fused-ring (bicyclic) bond motifs is 1. The largest absolute Gasteiger partial charge is 0.492 e. The molecule has 1 atom stereocenters. The van der Waals surface area contributed by atoms with Gasteiger partial charge in [0.15, 0.2) is 0 Å². The van der Waals surface area contributed by atoms with E-state index in [0.717, 1.165) is 91.7 Å². The van der Waals surface area contributed by atoms with Crippen LogP contribution in [0.25, 0.3) is 22.2 Å². The number of nitrogens with zero attached hydrogens (tertiary/aromatic N) is 4. The van der Waals surface area contributed by atoms with Crippen molar-refractivity contribution in [2.75, 3.05) is 56.1 Å². The Morgan fingerprint density at radius 3 is 2.59 bits per heavy atom. The predicted molar refractivity (Wildman–Crippen MR) is 135 cm³/mol. The van der Waals surface area contributed by atoms with Gasteiger partial charge in [-0.1, -0.05) is 12.1 Å². The fraction of sp³-hybridized carbons (Fsp3) is 0.423. The highest BCUT2D eigenvalue weighted by Crippen LogP contribution is 2.36. The number of anilines is 1. The minimum Gasteiger partial charge on any atom is -0.492 e. The van der Waals surface area contributed by atoms with Crippen molar-refractivity contribution in [1.29, 1.82) is 5.26 Å². The summed E-state index contributed by atoms with van der Waals surface area (Å²) in [5, 5.41) is 11.0. The Morgan fingerprint density at radius 1 is 1.12 bits per heavy atom. The summed E-state index contributed by atoms with van der Waals surface area (Å²) >= 11 is 0. The van der Waals surface area contributed by atoms with E-state index < -0.39 is 11.0 Å². The second-order valence-electron chi connectivity index (χ2n) is 8.59. The van der Waals surface area contributed by atoms with Crippen LogP contribution in [0.1, 0.15) is 18.9 Å². The third kappa shape index (κ3) is 4.43. The number of nitriles is 1. The number of rotatable bonds is 7. The standard InChI is InChI=1S/C26H30N4O3S/c1-2-29-25-18-22(33-16-13-28-11-14-32-15-12-28)8-9-23(25)24(19-27)26(29)20-4-6-21(7-5-20)30-10-3-17-34(30)31/h4-9,18H,2-3,10-17H2,1H3. The number of aryl methyl sites for hydroxylation is 1. The molecule has 0 aliphatic carbocycles. The van der Waals surface area contributed by atoms with Gasteiger partial charge in [0.05, 0.1) is 30.0 Å². The Hall–Kier alpha value is -2.86. The molecule has 3 aromatic rings. The van der Waals surface area contributed by atoms with Crippen LogP contribution in [0, 0.1) is 11.3 Å². The first-order chi connectivity index (χ1) is 16.7. The molecule has 0 radical (unpaired) electrons. The van der Waals surface area contributed by atoms with Crippen LogP contribution in [0.15, 0.2) is 42.5 Å². The Morgan fingerprint density at radius 2 is 1.91 bits per heavy atom. The summed E-state index contributed by atoms with van der Waals surface area (Å²) in [6.07, 6.45) is 0.952. The molecule has 0 saturated carbocycles. The van der Waals surface area contributed by atoms with E-state index >= 15 is 0 Å². The smallest absolute Gasteiger partial charge is 0.121 e. The summed E-state index contributed by atoms with van der Waals surface area (Å²) < 4.78 is 27.8. The molecule has 2 aromatic carbocycles. The average Bonchev–Trinajstić information content (AvgIpc) is 3.45. The molecule has 8 heteroatoms. The number of morpholine rings is 1. The normalized spacial score (nSPS) is 18.9. The Balaban J connectivity index is 1.42. The molecule has 1 aromatic heterocycles. The summed E-state index contributed by atoms with van der Waals surface area (Å²) in [6, 6.07) is 16.5. The van der Waals surface area contributed by atoms with E-state index in [2.05, 4.69) is 22.5 Å². The Labute approximate surface area is 203 Å². The van der Waals surface area contributed by atoms with Gasteiger partial charge in [-0.2, -0.15) is 5.26 Å². The molecule has 0 amide bonds. The summed E-state index contributed by atoms with van der Waals surface area (Å²) in [6.45, 7) is 8.61. The second-order valence-corrected chi connectivity index (χ2v) is 10.1. The van der Waals surface area contributed by atoms with Crippen molar-refractivity contribution in [3.63, 3.8) is 0 Å². The zero-order valence-corrected chi connectivity index (χ0v) is 20.4. The van der Waals surface area contributed by atoms with Crippen LogP contribution < -0.4 is 9.04 Å². The lowest BCUT2D eigenvalue weighted by molar-refractivity contribution is 0.0322. The van der Waals surface area contributed by atoms with Gasteiger partial charge in [0.1, 0.15) is 29.4 Å². The maximum absolute atomic E-state index is 12.2. The molecule has 2 aliphatic heterocycles. The number of ether oxygens (including phenoxy) is 2. The molecule has 2 saturated heterocycles. The first-order valence-electron chi connectivity index (χ1n) is 12.0. The summed E-state index contributed by atoms with van der Waals surface area (Å²) in [5.41, 5.74) is 4.54. The van der Waals surface area contributed by atoms with Crippen LogP contribution in [-0.4, -0.2) is 65.4 Å². The molecule has 178 valence electrons. The number of aromatic nitrogens is 1. The average molecular weight is 479 g/mol. The van der Waals surface area contributed by atoms with Crippen molar-refractivity contribution >= 4 is 27.6 Å².